The molecule has 0 aliphatic heterocycles. The van der Waals surface area contributed by atoms with Crippen LogP contribution < -0.4 is 5.32 Å². The standard InChI is InChI=1S/C15H21Cl2NO2/c1-2-3-9-14(15(19)20)18-10-5-6-11-12(16)7-4-8-13(11)17/h4,7-8,14,18H,2-3,5-6,9-10H2,1H3,(H,19,20)/t14-/m0/s1. The summed E-state index contributed by atoms with van der Waals surface area (Å²) in [4.78, 5) is 11.1. The second-order valence-electron chi connectivity index (χ2n) is 4.79. The van der Waals surface area contributed by atoms with Gasteiger partial charge in [0.25, 0.3) is 0 Å². The first-order valence-corrected chi connectivity index (χ1v) is 7.71. The van der Waals surface area contributed by atoms with Crippen molar-refractivity contribution in [2.24, 2.45) is 0 Å². The van der Waals surface area contributed by atoms with Crippen LogP contribution in [0.5, 0.6) is 0 Å². The lowest BCUT2D eigenvalue weighted by Crippen LogP contribution is -2.37. The average Bonchev–Trinajstić information content (AvgIpc) is 2.40. The van der Waals surface area contributed by atoms with E-state index >= 15 is 0 Å². The number of carboxylic acids is 1. The maximum Gasteiger partial charge on any atom is 0.320 e. The smallest absolute Gasteiger partial charge is 0.320 e. The molecule has 2 N–H and O–H groups in total. The van der Waals surface area contributed by atoms with E-state index in [0.29, 0.717) is 23.0 Å². The fraction of sp³-hybridized carbons (Fsp3) is 0.533. The number of rotatable bonds is 9. The van der Waals surface area contributed by atoms with Crippen molar-refractivity contribution in [1.29, 1.82) is 0 Å². The Hall–Kier alpha value is -0.770. The Morgan fingerprint density at radius 2 is 1.95 bits per heavy atom. The summed E-state index contributed by atoms with van der Waals surface area (Å²) in [6.45, 7) is 2.69. The van der Waals surface area contributed by atoms with E-state index in [1.165, 1.54) is 0 Å². The number of unbranched alkanes of at least 4 members (excludes halogenated alkanes) is 1. The number of hydrogen-bond acceptors (Lipinski definition) is 2. The number of aliphatic carboxylic acids is 1. The van der Waals surface area contributed by atoms with Crippen molar-refractivity contribution in [2.45, 2.75) is 45.1 Å². The Kier molecular flexibility index (Phi) is 7.97. The molecule has 1 rings (SSSR count). The molecule has 1 atom stereocenters. The van der Waals surface area contributed by atoms with Crippen LogP contribution in [0.15, 0.2) is 18.2 Å². The van der Waals surface area contributed by atoms with Crippen molar-refractivity contribution in [2.75, 3.05) is 6.54 Å². The van der Waals surface area contributed by atoms with Gasteiger partial charge in [-0.1, -0.05) is 49.0 Å². The molecule has 112 valence electrons. The van der Waals surface area contributed by atoms with Gasteiger partial charge in [-0.3, -0.25) is 4.79 Å². The summed E-state index contributed by atoms with van der Waals surface area (Å²) in [6.07, 6.45) is 4.13. The highest BCUT2D eigenvalue weighted by Gasteiger charge is 2.15. The maximum absolute atomic E-state index is 11.1. The molecule has 0 aliphatic rings. The van der Waals surface area contributed by atoms with E-state index in [-0.39, 0.29) is 0 Å². The van der Waals surface area contributed by atoms with Crippen LogP contribution in [0.25, 0.3) is 0 Å². The van der Waals surface area contributed by atoms with Crippen LogP contribution in [0, 0.1) is 0 Å². The first kappa shape index (κ1) is 17.3. The zero-order valence-electron chi connectivity index (χ0n) is 11.7. The van der Waals surface area contributed by atoms with Gasteiger partial charge in [-0.05, 0) is 43.5 Å². The molecule has 5 heteroatoms. The van der Waals surface area contributed by atoms with Gasteiger partial charge < -0.3 is 10.4 Å². The Balaban J connectivity index is 2.38. The summed E-state index contributed by atoms with van der Waals surface area (Å²) in [5.41, 5.74) is 0.929. The first-order chi connectivity index (χ1) is 9.56. The maximum atomic E-state index is 11.1. The molecule has 0 radical (unpaired) electrons. The van der Waals surface area contributed by atoms with Crippen molar-refractivity contribution < 1.29 is 9.90 Å². The van der Waals surface area contributed by atoms with Crippen LogP contribution in [0.3, 0.4) is 0 Å². The number of carboxylic acid groups (broad SMARTS) is 1. The predicted octanol–water partition coefficient (Wildman–Crippen LogP) is 4.16. The number of benzene rings is 1. The van der Waals surface area contributed by atoms with E-state index in [9.17, 15) is 4.79 Å². The molecular formula is C15H21Cl2NO2. The molecule has 0 fully saturated rings. The van der Waals surface area contributed by atoms with Crippen molar-refractivity contribution in [3.63, 3.8) is 0 Å². The third-order valence-corrected chi connectivity index (χ3v) is 3.91. The lowest BCUT2D eigenvalue weighted by atomic mass is 10.1. The van der Waals surface area contributed by atoms with Gasteiger partial charge in [0.1, 0.15) is 6.04 Å². The molecule has 1 aromatic rings. The first-order valence-electron chi connectivity index (χ1n) is 6.95. The third kappa shape index (κ3) is 5.70. The lowest BCUT2D eigenvalue weighted by Gasteiger charge is -2.14. The van der Waals surface area contributed by atoms with Gasteiger partial charge in [-0.15, -0.1) is 0 Å². The highest BCUT2D eigenvalue weighted by Crippen LogP contribution is 2.25. The van der Waals surface area contributed by atoms with E-state index < -0.39 is 12.0 Å². The summed E-state index contributed by atoms with van der Waals surface area (Å²) in [7, 11) is 0. The summed E-state index contributed by atoms with van der Waals surface area (Å²) < 4.78 is 0. The quantitative estimate of drug-likeness (QED) is 0.672. The Morgan fingerprint density at radius 1 is 1.30 bits per heavy atom. The number of nitrogens with one attached hydrogen (secondary N) is 1. The second-order valence-corrected chi connectivity index (χ2v) is 5.61. The molecule has 0 aliphatic carbocycles. The van der Waals surface area contributed by atoms with Crippen molar-refractivity contribution >= 4 is 29.2 Å². The zero-order chi connectivity index (χ0) is 15.0. The minimum Gasteiger partial charge on any atom is -0.480 e. The summed E-state index contributed by atoms with van der Waals surface area (Å²) >= 11 is 12.2. The van der Waals surface area contributed by atoms with Gasteiger partial charge in [0, 0.05) is 10.0 Å². The monoisotopic (exact) mass is 317 g/mol. The number of halogens is 2. The average molecular weight is 318 g/mol. The lowest BCUT2D eigenvalue weighted by molar-refractivity contribution is -0.139. The van der Waals surface area contributed by atoms with Gasteiger partial charge in [0.05, 0.1) is 0 Å². The molecule has 0 aromatic heterocycles. The molecule has 0 unspecified atom stereocenters. The van der Waals surface area contributed by atoms with E-state index in [1.807, 2.05) is 18.2 Å². The van der Waals surface area contributed by atoms with E-state index in [4.69, 9.17) is 28.3 Å². The summed E-state index contributed by atoms with van der Waals surface area (Å²) in [5, 5.41) is 13.5. The van der Waals surface area contributed by atoms with Crippen LogP contribution in [0.4, 0.5) is 0 Å². The Morgan fingerprint density at radius 3 is 2.50 bits per heavy atom. The summed E-state index contributed by atoms with van der Waals surface area (Å²) in [6, 6.07) is 4.99. The molecule has 1 aromatic carbocycles. The number of hydrogen-bond donors (Lipinski definition) is 2. The van der Waals surface area contributed by atoms with Crippen LogP contribution in [0.2, 0.25) is 10.0 Å². The highest BCUT2D eigenvalue weighted by atomic mass is 35.5. The molecule has 0 amide bonds. The summed E-state index contributed by atoms with van der Waals surface area (Å²) in [5.74, 6) is -0.783. The topological polar surface area (TPSA) is 49.3 Å². The largest absolute Gasteiger partial charge is 0.480 e. The molecule has 0 heterocycles. The molecule has 0 saturated heterocycles. The Labute approximate surface area is 130 Å². The predicted molar refractivity (Wildman–Crippen MR) is 83.7 cm³/mol. The van der Waals surface area contributed by atoms with Gasteiger partial charge in [-0.2, -0.15) is 0 Å². The van der Waals surface area contributed by atoms with Gasteiger partial charge >= 0.3 is 5.97 Å². The molecule has 20 heavy (non-hydrogen) atoms. The van der Waals surface area contributed by atoms with Crippen LogP contribution in [-0.4, -0.2) is 23.7 Å². The molecule has 0 spiro atoms. The van der Waals surface area contributed by atoms with E-state index in [2.05, 4.69) is 12.2 Å². The third-order valence-electron chi connectivity index (χ3n) is 3.20. The van der Waals surface area contributed by atoms with E-state index in [1.54, 1.807) is 0 Å². The SMILES string of the molecule is CCCC[C@H](NCCCc1c(Cl)cccc1Cl)C(=O)O. The second kappa shape index (κ2) is 9.22. The van der Waals surface area contributed by atoms with Crippen LogP contribution in [0.1, 0.15) is 38.2 Å². The molecule has 3 nitrogen and oxygen atoms in total. The molecule has 0 saturated carbocycles. The minimum absolute atomic E-state index is 0.461. The van der Waals surface area contributed by atoms with E-state index in [0.717, 1.165) is 31.2 Å². The molecular weight excluding hydrogens is 297 g/mol. The fourth-order valence-electron chi connectivity index (χ4n) is 2.03. The fourth-order valence-corrected chi connectivity index (χ4v) is 2.62. The molecule has 0 bridgehead atoms. The Bertz CT molecular complexity index is 418. The van der Waals surface area contributed by atoms with Gasteiger partial charge in [0.15, 0.2) is 0 Å². The minimum atomic E-state index is -0.783. The van der Waals surface area contributed by atoms with Crippen molar-refractivity contribution in [3.8, 4) is 0 Å². The van der Waals surface area contributed by atoms with Crippen LogP contribution in [-0.2, 0) is 11.2 Å². The van der Waals surface area contributed by atoms with Gasteiger partial charge in [-0.25, -0.2) is 0 Å². The van der Waals surface area contributed by atoms with Gasteiger partial charge in [0.2, 0.25) is 0 Å². The van der Waals surface area contributed by atoms with Crippen molar-refractivity contribution in [3.05, 3.63) is 33.8 Å². The normalized spacial score (nSPS) is 12.3. The van der Waals surface area contributed by atoms with Crippen molar-refractivity contribution in [1.82, 2.24) is 5.32 Å². The highest BCUT2D eigenvalue weighted by molar-refractivity contribution is 6.35. The number of carbonyl (C=O) groups is 1. The zero-order valence-corrected chi connectivity index (χ0v) is 13.2. The van der Waals surface area contributed by atoms with Crippen LogP contribution >= 0.6 is 23.2 Å².